The Morgan fingerprint density at radius 3 is 2.53 bits per heavy atom. The van der Waals surface area contributed by atoms with Crippen molar-refractivity contribution in [3.63, 3.8) is 0 Å². The Morgan fingerprint density at radius 2 is 2.07 bits per heavy atom. The third kappa shape index (κ3) is 3.34. The van der Waals surface area contributed by atoms with Gasteiger partial charge in [-0.25, -0.2) is 4.98 Å². The molecule has 0 aliphatic carbocycles. The van der Waals surface area contributed by atoms with Crippen molar-refractivity contribution in [2.24, 2.45) is 0 Å². The van der Waals surface area contributed by atoms with E-state index in [1.807, 2.05) is 0 Å². The molecule has 1 aromatic heterocycles. The average Bonchev–Trinajstić information content (AvgIpc) is 2.47. The molecular formula is C12H22N3. The molecule has 0 atom stereocenters. The molecule has 0 aliphatic rings. The van der Waals surface area contributed by atoms with Gasteiger partial charge in [-0.3, -0.25) is 0 Å². The maximum Gasteiger partial charge on any atom is 0.176 e. The van der Waals surface area contributed by atoms with Gasteiger partial charge in [0.25, 0.3) is 0 Å². The lowest BCUT2D eigenvalue weighted by Crippen LogP contribution is -2.15. The van der Waals surface area contributed by atoms with E-state index in [4.69, 9.17) is 0 Å². The lowest BCUT2D eigenvalue weighted by molar-refractivity contribution is 0.385. The minimum Gasteiger partial charge on any atom is -0.325 e. The lowest BCUT2D eigenvalue weighted by Gasteiger charge is -2.10. The van der Waals surface area contributed by atoms with Crippen molar-refractivity contribution in [2.75, 3.05) is 20.6 Å². The fourth-order valence-electron chi connectivity index (χ4n) is 1.72. The van der Waals surface area contributed by atoms with Crippen molar-refractivity contribution in [2.45, 2.75) is 39.7 Å². The zero-order valence-electron chi connectivity index (χ0n) is 10.5. The van der Waals surface area contributed by atoms with Gasteiger partial charge in [0.1, 0.15) is 0 Å². The first kappa shape index (κ1) is 12.2. The van der Waals surface area contributed by atoms with E-state index >= 15 is 0 Å². The maximum absolute atomic E-state index is 4.34. The molecule has 3 heteroatoms. The molecule has 1 heterocycles. The van der Waals surface area contributed by atoms with Gasteiger partial charge >= 0.3 is 0 Å². The zero-order chi connectivity index (χ0) is 11.4. The highest BCUT2D eigenvalue weighted by molar-refractivity contribution is 5.14. The first-order chi connectivity index (χ1) is 7.02. The van der Waals surface area contributed by atoms with Gasteiger partial charge in [0.05, 0.1) is 5.69 Å². The molecule has 1 radical (unpaired) electrons. The molecule has 0 saturated carbocycles. The van der Waals surface area contributed by atoms with E-state index in [0.717, 1.165) is 19.5 Å². The third-order valence-corrected chi connectivity index (χ3v) is 2.60. The van der Waals surface area contributed by atoms with Crippen molar-refractivity contribution in [1.82, 2.24) is 14.5 Å². The summed E-state index contributed by atoms with van der Waals surface area (Å²) in [6.45, 7) is 8.61. The van der Waals surface area contributed by atoms with Gasteiger partial charge in [-0.2, -0.15) is 0 Å². The summed E-state index contributed by atoms with van der Waals surface area (Å²) >= 11 is 0. The normalized spacial score (nSPS) is 11.7. The van der Waals surface area contributed by atoms with Gasteiger partial charge in [0, 0.05) is 12.2 Å². The van der Waals surface area contributed by atoms with Crippen LogP contribution in [0.15, 0.2) is 0 Å². The van der Waals surface area contributed by atoms with E-state index in [1.165, 1.54) is 11.4 Å². The van der Waals surface area contributed by atoms with Crippen LogP contribution in [0.25, 0.3) is 0 Å². The molecule has 0 fully saturated rings. The first-order valence-corrected chi connectivity index (χ1v) is 5.61. The number of rotatable bonds is 5. The highest BCUT2D eigenvalue weighted by Gasteiger charge is 2.09. The molecule has 0 N–H and O–H groups in total. The highest BCUT2D eigenvalue weighted by atomic mass is 15.1. The molecule has 0 bridgehead atoms. The van der Waals surface area contributed by atoms with Crippen LogP contribution in [0.5, 0.6) is 0 Å². The van der Waals surface area contributed by atoms with Crippen LogP contribution >= 0.6 is 0 Å². The van der Waals surface area contributed by atoms with Gasteiger partial charge in [-0.15, -0.1) is 0 Å². The van der Waals surface area contributed by atoms with Gasteiger partial charge in [-0.05, 0) is 39.9 Å². The van der Waals surface area contributed by atoms with Crippen molar-refractivity contribution < 1.29 is 0 Å². The Balaban J connectivity index is 2.55. The smallest absolute Gasteiger partial charge is 0.176 e. The SMILES string of the molecule is Cc1c(C(C)C)n[c]n1CCCN(C)C. The van der Waals surface area contributed by atoms with Gasteiger partial charge in [0.2, 0.25) is 0 Å². The highest BCUT2D eigenvalue weighted by Crippen LogP contribution is 2.16. The Morgan fingerprint density at radius 1 is 1.40 bits per heavy atom. The van der Waals surface area contributed by atoms with Crippen LogP contribution in [0.3, 0.4) is 0 Å². The molecule has 0 spiro atoms. The van der Waals surface area contributed by atoms with Crippen LogP contribution in [-0.4, -0.2) is 35.1 Å². The Bertz CT molecular complexity index is 300. The number of hydrogen-bond acceptors (Lipinski definition) is 2. The average molecular weight is 208 g/mol. The van der Waals surface area contributed by atoms with E-state index in [0.29, 0.717) is 5.92 Å². The van der Waals surface area contributed by atoms with E-state index in [9.17, 15) is 0 Å². The molecule has 3 nitrogen and oxygen atoms in total. The number of aromatic nitrogens is 2. The summed E-state index contributed by atoms with van der Waals surface area (Å²) in [5, 5.41) is 0. The van der Waals surface area contributed by atoms with Gasteiger partial charge < -0.3 is 9.47 Å². The monoisotopic (exact) mass is 208 g/mol. The van der Waals surface area contributed by atoms with Crippen molar-refractivity contribution in [3.05, 3.63) is 17.7 Å². The van der Waals surface area contributed by atoms with Crippen LogP contribution in [0.1, 0.15) is 37.6 Å². The van der Waals surface area contributed by atoms with Crippen LogP contribution in [-0.2, 0) is 6.54 Å². The fourth-order valence-corrected chi connectivity index (χ4v) is 1.72. The third-order valence-electron chi connectivity index (χ3n) is 2.60. The Kier molecular flexibility index (Phi) is 4.33. The second-order valence-electron chi connectivity index (χ2n) is 4.65. The summed E-state index contributed by atoms with van der Waals surface area (Å²) in [4.78, 5) is 6.54. The molecule has 0 amide bonds. The second kappa shape index (κ2) is 5.31. The minimum absolute atomic E-state index is 0.497. The van der Waals surface area contributed by atoms with Crippen LogP contribution in [0, 0.1) is 13.3 Å². The zero-order valence-corrected chi connectivity index (χ0v) is 10.5. The molecule has 0 unspecified atom stereocenters. The van der Waals surface area contributed by atoms with Gasteiger partial charge in [0.15, 0.2) is 6.33 Å². The summed E-state index contributed by atoms with van der Waals surface area (Å²) in [6, 6.07) is 0. The topological polar surface area (TPSA) is 21.1 Å². The number of hydrogen-bond donors (Lipinski definition) is 0. The van der Waals surface area contributed by atoms with Crippen molar-refractivity contribution in [3.8, 4) is 0 Å². The van der Waals surface area contributed by atoms with Crippen molar-refractivity contribution in [1.29, 1.82) is 0 Å². The molecule has 0 aliphatic heterocycles. The summed E-state index contributed by atoms with van der Waals surface area (Å²) in [5.41, 5.74) is 2.45. The minimum atomic E-state index is 0.497. The van der Waals surface area contributed by atoms with Crippen molar-refractivity contribution >= 4 is 0 Å². The summed E-state index contributed by atoms with van der Waals surface area (Å²) in [7, 11) is 4.20. The first-order valence-electron chi connectivity index (χ1n) is 5.61. The predicted octanol–water partition coefficient (Wildman–Crippen LogP) is 2.07. The Labute approximate surface area is 93.1 Å². The molecule has 0 saturated heterocycles. The predicted molar refractivity (Wildman–Crippen MR) is 63.1 cm³/mol. The van der Waals surface area contributed by atoms with Crippen LogP contribution in [0.2, 0.25) is 0 Å². The number of imidazole rings is 1. The van der Waals surface area contributed by atoms with E-state index in [-0.39, 0.29) is 0 Å². The Hall–Kier alpha value is -0.830. The fraction of sp³-hybridized carbons (Fsp3) is 0.750. The lowest BCUT2D eigenvalue weighted by atomic mass is 10.1. The largest absolute Gasteiger partial charge is 0.325 e. The quantitative estimate of drug-likeness (QED) is 0.738. The molecule has 15 heavy (non-hydrogen) atoms. The van der Waals surface area contributed by atoms with Crippen LogP contribution in [0.4, 0.5) is 0 Å². The number of aryl methyl sites for hydroxylation is 1. The molecule has 0 aromatic carbocycles. The number of nitrogens with zero attached hydrogens (tertiary/aromatic N) is 3. The second-order valence-corrected chi connectivity index (χ2v) is 4.65. The summed E-state index contributed by atoms with van der Waals surface area (Å²) in [6.07, 6.45) is 4.23. The molecule has 85 valence electrons. The summed E-state index contributed by atoms with van der Waals surface area (Å²) < 4.78 is 2.14. The summed E-state index contributed by atoms with van der Waals surface area (Å²) in [5.74, 6) is 0.497. The maximum atomic E-state index is 4.34. The molecule has 1 rings (SSSR count). The molecular weight excluding hydrogens is 186 g/mol. The van der Waals surface area contributed by atoms with E-state index in [2.05, 4.69) is 55.6 Å². The standard InChI is InChI=1S/C12H22N3/c1-10(2)12-11(3)15(9-13-12)8-6-7-14(4)5/h10H,6-8H2,1-5H3. The van der Waals surface area contributed by atoms with E-state index in [1.54, 1.807) is 0 Å². The van der Waals surface area contributed by atoms with Gasteiger partial charge in [-0.1, -0.05) is 13.8 Å². The van der Waals surface area contributed by atoms with Crippen LogP contribution < -0.4 is 0 Å². The molecule has 1 aromatic rings. The van der Waals surface area contributed by atoms with E-state index < -0.39 is 0 Å².